The molecule has 0 saturated heterocycles. The minimum atomic E-state index is -1.37. The van der Waals surface area contributed by atoms with Gasteiger partial charge in [0.2, 0.25) is 0 Å². The van der Waals surface area contributed by atoms with Crippen LogP contribution in [0.3, 0.4) is 0 Å². The fraction of sp³-hybridized carbons (Fsp3) is 0.278. The molecule has 5 heteroatoms. The quantitative estimate of drug-likeness (QED) is 0.947. The van der Waals surface area contributed by atoms with Crippen LogP contribution < -0.4 is 0 Å². The molecule has 0 radical (unpaired) electrons. The molecule has 2 atom stereocenters. The first-order valence-electron chi connectivity index (χ1n) is 7.56. The lowest BCUT2D eigenvalue weighted by atomic mass is 9.87. The van der Waals surface area contributed by atoms with E-state index in [1.54, 1.807) is 25.3 Å². The molecule has 0 bridgehead atoms. The number of hydrazone groups is 1. The number of hydrogen-bond acceptors (Lipinski definition) is 4. The molecule has 1 aliphatic heterocycles. The molecule has 118 valence electrons. The molecule has 0 unspecified atom stereocenters. The molecule has 1 aromatic heterocycles. The second-order valence-corrected chi connectivity index (χ2v) is 5.94. The number of nitrogens with zero attached hydrogens (tertiary/aromatic N) is 3. The number of benzene rings is 1. The molecule has 1 aromatic carbocycles. The zero-order valence-electron chi connectivity index (χ0n) is 13.2. The lowest BCUT2D eigenvalue weighted by molar-refractivity contribution is -0.0824. The SMILES string of the molecule is CC1=NN(C(=O)c2cccnc2)[C@@](C)(O)[C@@H]1Cc1ccccc1. The Morgan fingerprint density at radius 2 is 2.00 bits per heavy atom. The van der Waals surface area contributed by atoms with Crippen LogP contribution in [0.4, 0.5) is 0 Å². The average molecular weight is 309 g/mol. The highest BCUT2D eigenvalue weighted by molar-refractivity contribution is 5.98. The highest BCUT2D eigenvalue weighted by Gasteiger charge is 2.47. The Balaban J connectivity index is 1.86. The first kappa shape index (κ1) is 15.4. The third-order valence-corrected chi connectivity index (χ3v) is 4.23. The Labute approximate surface area is 135 Å². The van der Waals surface area contributed by atoms with Crippen molar-refractivity contribution in [1.29, 1.82) is 0 Å². The van der Waals surface area contributed by atoms with Gasteiger partial charge in [0.15, 0.2) is 5.72 Å². The number of aromatic nitrogens is 1. The predicted octanol–water partition coefficient (Wildman–Crippen LogP) is 2.48. The molecular weight excluding hydrogens is 290 g/mol. The van der Waals surface area contributed by atoms with Gasteiger partial charge in [-0.15, -0.1) is 0 Å². The van der Waals surface area contributed by atoms with E-state index in [-0.39, 0.29) is 11.8 Å². The lowest BCUT2D eigenvalue weighted by Gasteiger charge is -2.32. The van der Waals surface area contributed by atoms with Crippen molar-refractivity contribution in [2.75, 3.05) is 0 Å². The summed E-state index contributed by atoms with van der Waals surface area (Å²) in [6, 6.07) is 13.3. The number of amides is 1. The van der Waals surface area contributed by atoms with Gasteiger partial charge < -0.3 is 5.11 Å². The van der Waals surface area contributed by atoms with Crippen molar-refractivity contribution in [3.05, 3.63) is 66.0 Å². The van der Waals surface area contributed by atoms with Crippen molar-refractivity contribution >= 4 is 11.6 Å². The van der Waals surface area contributed by atoms with Crippen molar-refractivity contribution in [1.82, 2.24) is 9.99 Å². The number of hydrogen-bond donors (Lipinski definition) is 1. The van der Waals surface area contributed by atoms with E-state index < -0.39 is 5.72 Å². The summed E-state index contributed by atoms with van der Waals surface area (Å²) in [5, 5.41) is 16.4. The van der Waals surface area contributed by atoms with E-state index in [1.165, 1.54) is 11.2 Å². The van der Waals surface area contributed by atoms with Crippen molar-refractivity contribution in [2.24, 2.45) is 11.0 Å². The van der Waals surface area contributed by atoms with Gasteiger partial charge in [0.05, 0.1) is 11.5 Å². The van der Waals surface area contributed by atoms with Gasteiger partial charge in [0, 0.05) is 18.1 Å². The van der Waals surface area contributed by atoms with E-state index in [0.29, 0.717) is 12.0 Å². The molecule has 0 saturated carbocycles. The van der Waals surface area contributed by atoms with E-state index >= 15 is 0 Å². The maximum atomic E-state index is 12.6. The summed E-state index contributed by atoms with van der Waals surface area (Å²) in [5.41, 5.74) is 0.885. The van der Waals surface area contributed by atoms with Crippen LogP contribution in [0.1, 0.15) is 29.8 Å². The lowest BCUT2D eigenvalue weighted by Crippen LogP contribution is -2.49. The second-order valence-electron chi connectivity index (χ2n) is 5.94. The van der Waals surface area contributed by atoms with Crippen LogP contribution in [-0.2, 0) is 6.42 Å². The molecule has 2 heterocycles. The van der Waals surface area contributed by atoms with Crippen molar-refractivity contribution in [3.8, 4) is 0 Å². The molecule has 0 aliphatic carbocycles. The normalized spacial score (nSPS) is 23.7. The van der Waals surface area contributed by atoms with Gasteiger partial charge in [-0.1, -0.05) is 30.3 Å². The van der Waals surface area contributed by atoms with E-state index in [9.17, 15) is 9.90 Å². The Hall–Kier alpha value is -2.53. The standard InChI is InChI=1S/C18H19N3O2/c1-13-16(11-14-7-4-3-5-8-14)18(2,23)21(20-13)17(22)15-9-6-10-19-12-15/h3-10,12,16,23H,11H2,1-2H3/t16-,18+/m1/s1. The van der Waals surface area contributed by atoms with Crippen LogP contribution in [0.5, 0.6) is 0 Å². The Bertz CT molecular complexity index is 726. The highest BCUT2D eigenvalue weighted by atomic mass is 16.3. The monoisotopic (exact) mass is 309 g/mol. The summed E-state index contributed by atoms with van der Waals surface area (Å²) >= 11 is 0. The van der Waals surface area contributed by atoms with Gasteiger partial charge in [-0.05, 0) is 38.0 Å². The number of rotatable bonds is 3. The van der Waals surface area contributed by atoms with Gasteiger partial charge in [-0.3, -0.25) is 9.78 Å². The van der Waals surface area contributed by atoms with Crippen molar-refractivity contribution in [2.45, 2.75) is 26.0 Å². The van der Waals surface area contributed by atoms with Crippen LogP contribution in [0.2, 0.25) is 0 Å². The van der Waals surface area contributed by atoms with Gasteiger partial charge >= 0.3 is 0 Å². The van der Waals surface area contributed by atoms with Gasteiger partial charge in [-0.2, -0.15) is 10.1 Å². The fourth-order valence-electron chi connectivity index (χ4n) is 2.93. The summed E-state index contributed by atoms with van der Waals surface area (Å²) in [6.45, 7) is 3.48. The van der Waals surface area contributed by atoms with E-state index in [0.717, 1.165) is 11.3 Å². The third kappa shape index (κ3) is 2.87. The summed E-state index contributed by atoms with van der Waals surface area (Å²) in [7, 11) is 0. The smallest absolute Gasteiger partial charge is 0.278 e. The van der Waals surface area contributed by atoms with Gasteiger partial charge in [0.25, 0.3) is 5.91 Å². The third-order valence-electron chi connectivity index (χ3n) is 4.23. The first-order valence-corrected chi connectivity index (χ1v) is 7.56. The zero-order valence-corrected chi connectivity index (χ0v) is 13.2. The van der Waals surface area contributed by atoms with Crippen LogP contribution in [-0.4, -0.2) is 32.4 Å². The average Bonchev–Trinajstić information content (AvgIpc) is 2.79. The summed E-state index contributed by atoms with van der Waals surface area (Å²) in [4.78, 5) is 16.6. The Kier molecular flexibility index (Phi) is 3.96. The molecule has 23 heavy (non-hydrogen) atoms. The number of carbonyl (C=O) groups excluding carboxylic acids is 1. The first-order chi connectivity index (χ1) is 11.0. The molecule has 0 spiro atoms. The van der Waals surface area contributed by atoms with Gasteiger partial charge in [-0.25, -0.2) is 0 Å². The molecular formula is C18H19N3O2. The largest absolute Gasteiger partial charge is 0.369 e. The van der Waals surface area contributed by atoms with Crippen LogP contribution in [0.15, 0.2) is 60.0 Å². The molecule has 5 nitrogen and oxygen atoms in total. The van der Waals surface area contributed by atoms with Crippen molar-refractivity contribution < 1.29 is 9.90 Å². The van der Waals surface area contributed by atoms with E-state index in [2.05, 4.69) is 10.1 Å². The Morgan fingerprint density at radius 3 is 2.65 bits per heavy atom. The summed E-state index contributed by atoms with van der Waals surface area (Å²) in [5.74, 6) is -0.594. The topological polar surface area (TPSA) is 65.8 Å². The molecule has 1 amide bonds. The minimum absolute atomic E-state index is 0.245. The van der Waals surface area contributed by atoms with Crippen molar-refractivity contribution in [3.63, 3.8) is 0 Å². The summed E-state index contributed by atoms with van der Waals surface area (Å²) in [6.07, 6.45) is 3.71. The molecule has 1 N–H and O–H groups in total. The molecule has 3 rings (SSSR count). The number of aliphatic hydroxyl groups is 1. The number of pyridine rings is 1. The minimum Gasteiger partial charge on any atom is -0.369 e. The maximum Gasteiger partial charge on any atom is 0.278 e. The summed E-state index contributed by atoms with van der Waals surface area (Å²) < 4.78 is 0. The molecule has 2 aromatic rings. The molecule has 1 aliphatic rings. The number of carbonyl (C=O) groups is 1. The van der Waals surface area contributed by atoms with E-state index in [4.69, 9.17) is 0 Å². The fourth-order valence-corrected chi connectivity index (χ4v) is 2.93. The second kappa shape index (κ2) is 5.93. The van der Waals surface area contributed by atoms with Crippen LogP contribution in [0.25, 0.3) is 0 Å². The molecule has 0 fully saturated rings. The van der Waals surface area contributed by atoms with Crippen LogP contribution >= 0.6 is 0 Å². The Morgan fingerprint density at radius 1 is 1.26 bits per heavy atom. The maximum absolute atomic E-state index is 12.6. The predicted molar refractivity (Wildman–Crippen MR) is 87.8 cm³/mol. The highest BCUT2D eigenvalue weighted by Crippen LogP contribution is 2.34. The van der Waals surface area contributed by atoms with Gasteiger partial charge in [0.1, 0.15) is 0 Å². The van der Waals surface area contributed by atoms with Crippen LogP contribution in [0, 0.1) is 5.92 Å². The zero-order chi connectivity index (χ0) is 16.4. The van der Waals surface area contributed by atoms with E-state index in [1.807, 2.05) is 37.3 Å².